The maximum atomic E-state index is 12.1. The van der Waals surface area contributed by atoms with Crippen LogP contribution in [0.4, 0.5) is 0 Å². The van der Waals surface area contributed by atoms with Gasteiger partial charge in [-0.15, -0.1) is 0 Å². The van der Waals surface area contributed by atoms with E-state index in [9.17, 15) is 4.79 Å². The monoisotopic (exact) mass is 270 g/mol. The van der Waals surface area contributed by atoms with Gasteiger partial charge in [-0.1, -0.05) is 0 Å². The van der Waals surface area contributed by atoms with Crippen LogP contribution in [0.2, 0.25) is 0 Å². The molecule has 1 amide bonds. The molecule has 3 rings (SSSR count). The largest absolute Gasteiger partial charge is 0.349 e. The first-order valence-electron chi connectivity index (χ1n) is 6.82. The smallest absolute Gasteiger partial charge is 0.253 e. The van der Waals surface area contributed by atoms with Gasteiger partial charge in [-0.05, 0) is 32.8 Å². The molecule has 1 aliphatic rings. The van der Waals surface area contributed by atoms with Crippen molar-refractivity contribution in [3.05, 3.63) is 35.4 Å². The molecular weight excluding hydrogens is 252 g/mol. The quantitative estimate of drug-likeness (QED) is 0.928. The molecule has 0 aromatic carbocycles. The second-order valence-corrected chi connectivity index (χ2v) is 5.38. The van der Waals surface area contributed by atoms with Crippen LogP contribution in [0.3, 0.4) is 0 Å². The van der Waals surface area contributed by atoms with Gasteiger partial charge in [0.15, 0.2) is 0 Å². The summed E-state index contributed by atoms with van der Waals surface area (Å²) in [5.41, 5.74) is 4.63. The maximum Gasteiger partial charge on any atom is 0.253 e. The number of hydrogen-bond donors (Lipinski definition) is 1. The highest BCUT2D eigenvalue weighted by atomic mass is 16.1. The molecule has 2 aromatic rings. The molecule has 1 saturated carbocycles. The Hall–Kier alpha value is -2.17. The van der Waals surface area contributed by atoms with Gasteiger partial charge in [-0.2, -0.15) is 5.10 Å². The van der Waals surface area contributed by atoms with Gasteiger partial charge in [-0.3, -0.25) is 14.5 Å². The Kier molecular flexibility index (Phi) is 3.04. The van der Waals surface area contributed by atoms with Crippen molar-refractivity contribution in [2.75, 3.05) is 0 Å². The lowest BCUT2D eigenvalue weighted by atomic mass is 10.0. The predicted octanol–water partition coefficient (Wildman–Crippen LogP) is 1.99. The predicted molar refractivity (Wildman–Crippen MR) is 76.4 cm³/mol. The molecule has 0 atom stereocenters. The Morgan fingerprint density at radius 2 is 2.10 bits per heavy atom. The van der Waals surface area contributed by atoms with Crippen molar-refractivity contribution in [3.8, 4) is 11.1 Å². The van der Waals surface area contributed by atoms with Gasteiger partial charge in [0.2, 0.25) is 0 Å². The standard InChI is InChI=1S/C15H18N4O/c1-9-14(10(2)19(3)18-9)11-6-12(8-16-7-11)15(20)17-13-4-5-13/h6-8,13H,4-5H2,1-3H3,(H,17,20). The fraction of sp³-hybridized carbons (Fsp3) is 0.400. The van der Waals surface area contributed by atoms with Crippen LogP contribution in [-0.2, 0) is 7.05 Å². The Morgan fingerprint density at radius 1 is 1.35 bits per heavy atom. The first-order chi connectivity index (χ1) is 9.56. The SMILES string of the molecule is Cc1nn(C)c(C)c1-c1cncc(C(=O)NC2CC2)c1. The summed E-state index contributed by atoms with van der Waals surface area (Å²) in [7, 11) is 1.92. The number of aryl methyl sites for hydroxylation is 2. The summed E-state index contributed by atoms with van der Waals surface area (Å²) in [6.07, 6.45) is 5.56. The molecule has 0 bridgehead atoms. The van der Waals surface area contributed by atoms with E-state index in [4.69, 9.17) is 0 Å². The van der Waals surface area contributed by atoms with Crippen LogP contribution in [0, 0.1) is 13.8 Å². The number of carbonyl (C=O) groups excluding carboxylic acids is 1. The van der Waals surface area contributed by atoms with Crippen molar-refractivity contribution < 1.29 is 4.79 Å². The first kappa shape index (κ1) is 12.8. The number of amides is 1. The van der Waals surface area contributed by atoms with E-state index in [0.29, 0.717) is 11.6 Å². The van der Waals surface area contributed by atoms with Gasteiger partial charge in [-0.25, -0.2) is 0 Å². The van der Waals surface area contributed by atoms with Gasteiger partial charge >= 0.3 is 0 Å². The third-order valence-electron chi connectivity index (χ3n) is 3.71. The first-order valence-corrected chi connectivity index (χ1v) is 6.82. The van der Waals surface area contributed by atoms with Crippen molar-refractivity contribution in [1.82, 2.24) is 20.1 Å². The fourth-order valence-corrected chi connectivity index (χ4v) is 2.39. The number of carbonyl (C=O) groups is 1. The van der Waals surface area contributed by atoms with Crippen molar-refractivity contribution in [1.29, 1.82) is 0 Å². The van der Waals surface area contributed by atoms with E-state index in [1.54, 1.807) is 12.4 Å². The molecule has 5 nitrogen and oxygen atoms in total. The number of pyridine rings is 1. The molecule has 2 aromatic heterocycles. The molecule has 20 heavy (non-hydrogen) atoms. The highest BCUT2D eigenvalue weighted by Gasteiger charge is 2.24. The topological polar surface area (TPSA) is 59.8 Å². The molecule has 0 saturated heterocycles. The van der Waals surface area contributed by atoms with Crippen molar-refractivity contribution in [2.24, 2.45) is 7.05 Å². The summed E-state index contributed by atoms with van der Waals surface area (Å²) in [5.74, 6) is -0.0407. The Labute approximate surface area is 118 Å². The van der Waals surface area contributed by atoms with E-state index in [1.165, 1.54) is 0 Å². The van der Waals surface area contributed by atoms with Gasteiger partial charge in [0.1, 0.15) is 0 Å². The molecule has 0 unspecified atom stereocenters. The van der Waals surface area contributed by atoms with Crippen LogP contribution in [0.25, 0.3) is 11.1 Å². The summed E-state index contributed by atoms with van der Waals surface area (Å²) in [6, 6.07) is 2.25. The third-order valence-corrected chi connectivity index (χ3v) is 3.71. The van der Waals surface area contributed by atoms with E-state index < -0.39 is 0 Å². The molecule has 2 heterocycles. The molecule has 1 N–H and O–H groups in total. The van der Waals surface area contributed by atoms with E-state index in [1.807, 2.05) is 31.6 Å². The summed E-state index contributed by atoms with van der Waals surface area (Å²) in [5, 5.41) is 7.39. The zero-order chi connectivity index (χ0) is 14.3. The lowest BCUT2D eigenvalue weighted by Crippen LogP contribution is -2.25. The van der Waals surface area contributed by atoms with Gasteiger partial charge in [0.05, 0.1) is 11.3 Å². The van der Waals surface area contributed by atoms with E-state index in [2.05, 4.69) is 15.4 Å². The van der Waals surface area contributed by atoms with Crippen LogP contribution in [-0.4, -0.2) is 26.7 Å². The lowest BCUT2D eigenvalue weighted by molar-refractivity contribution is 0.0950. The molecule has 0 aliphatic heterocycles. The molecule has 0 spiro atoms. The van der Waals surface area contributed by atoms with Crippen molar-refractivity contribution in [2.45, 2.75) is 32.7 Å². The fourth-order valence-electron chi connectivity index (χ4n) is 2.39. The zero-order valence-corrected chi connectivity index (χ0v) is 12.0. The number of nitrogens with one attached hydrogen (secondary N) is 1. The summed E-state index contributed by atoms with van der Waals surface area (Å²) in [6.45, 7) is 3.99. The van der Waals surface area contributed by atoms with Crippen LogP contribution in [0.1, 0.15) is 34.6 Å². The second-order valence-electron chi connectivity index (χ2n) is 5.38. The average molecular weight is 270 g/mol. The Balaban J connectivity index is 1.96. The minimum absolute atomic E-state index is 0.0407. The van der Waals surface area contributed by atoms with E-state index in [-0.39, 0.29) is 5.91 Å². The molecule has 5 heteroatoms. The molecule has 1 aliphatic carbocycles. The maximum absolute atomic E-state index is 12.1. The highest BCUT2D eigenvalue weighted by molar-refractivity contribution is 5.95. The molecule has 0 radical (unpaired) electrons. The van der Waals surface area contributed by atoms with Crippen molar-refractivity contribution >= 4 is 5.91 Å². The summed E-state index contributed by atoms with van der Waals surface area (Å²) < 4.78 is 1.85. The summed E-state index contributed by atoms with van der Waals surface area (Å²) in [4.78, 5) is 16.3. The van der Waals surface area contributed by atoms with Crippen LogP contribution >= 0.6 is 0 Å². The van der Waals surface area contributed by atoms with Crippen LogP contribution in [0.5, 0.6) is 0 Å². The van der Waals surface area contributed by atoms with Crippen molar-refractivity contribution in [3.63, 3.8) is 0 Å². The van der Waals surface area contributed by atoms with E-state index in [0.717, 1.165) is 35.4 Å². The molecular formula is C15H18N4O. The number of aromatic nitrogens is 3. The number of nitrogens with zero attached hydrogens (tertiary/aromatic N) is 3. The normalized spacial score (nSPS) is 14.3. The lowest BCUT2D eigenvalue weighted by Gasteiger charge is -2.06. The number of rotatable bonds is 3. The Bertz CT molecular complexity index is 671. The molecule has 1 fully saturated rings. The number of hydrogen-bond acceptors (Lipinski definition) is 3. The minimum Gasteiger partial charge on any atom is -0.349 e. The Morgan fingerprint density at radius 3 is 2.70 bits per heavy atom. The van der Waals surface area contributed by atoms with Crippen LogP contribution in [0.15, 0.2) is 18.5 Å². The third kappa shape index (κ3) is 2.31. The molecule has 104 valence electrons. The highest BCUT2D eigenvalue weighted by Crippen LogP contribution is 2.26. The summed E-state index contributed by atoms with van der Waals surface area (Å²) >= 11 is 0. The average Bonchev–Trinajstić information content (AvgIpc) is 3.18. The zero-order valence-electron chi connectivity index (χ0n) is 12.0. The minimum atomic E-state index is -0.0407. The van der Waals surface area contributed by atoms with Crippen LogP contribution < -0.4 is 5.32 Å². The van der Waals surface area contributed by atoms with E-state index >= 15 is 0 Å². The second kappa shape index (κ2) is 4.74. The van der Waals surface area contributed by atoms with Gasteiger partial charge in [0.25, 0.3) is 5.91 Å². The van der Waals surface area contributed by atoms with Gasteiger partial charge < -0.3 is 5.32 Å². The van der Waals surface area contributed by atoms with Gasteiger partial charge in [0, 0.05) is 42.3 Å².